The maximum absolute atomic E-state index is 13.2. The van der Waals surface area contributed by atoms with Crippen LogP contribution in [0.4, 0.5) is 9.18 Å². The molecule has 0 unspecified atom stereocenters. The van der Waals surface area contributed by atoms with E-state index in [0.717, 1.165) is 15.0 Å². The number of hydrogen-bond donors (Lipinski definition) is 1. The van der Waals surface area contributed by atoms with Crippen LogP contribution in [0, 0.1) is 5.82 Å². The van der Waals surface area contributed by atoms with Crippen LogP contribution in [0.15, 0.2) is 28.8 Å². The SMILES string of the molecule is CCc1noc(CN(C)C(=O)NCc2cc3cc(F)ccc3s2)n1. The van der Waals surface area contributed by atoms with Gasteiger partial charge in [0.1, 0.15) is 12.4 Å². The maximum Gasteiger partial charge on any atom is 0.317 e. The molecular formula is C16H17FN4O2S. The number of carbonyl (C=O) groups excluding carboxylic acids is 1. The molecule has 8 heteroatoms. The molecule has 0 atom stereocenters. The predicted molar refractivity (Wildman–Crippen MR) is 89.2 cm³/mol. The fourth-order valence-corrected chi connectivity index (χ4v) is 3.21. The molecule has 24 heavy (non-hydrogen) atoms. The van der Waals surface area contributed by atoms with Gasteiger partial charge in [-0.15, -0.1) is 11.3 Å². The van der Waals surface area contributed by atoms with Crippen molar-refractivity contribution in [1.82, 2.24) is 20.4 Å². The molecule has 0 saturated carbocycles. The molecule has 0 spiro atoms. The van der Waals surface area contributed by atoms with Gasteiger partial charge in [0.25, 0.3) is 0 Å². The molecule has 0 aliphatic carbocycles. The summed E-state index contributed by atoms with van der Waals surface area (Å²) >= 11 is 1.53. The van der Waals surface area contributed by atoms with E-state index in [1.165, 1.54) is 28.4 Å². The van der Waals surface area contributed by atoms with Crippen molar-refractivity contribution in [3.8, 4) is 0 Å². The average Bonchev–Trinajstić information content (AvgIpc) is 3.18. The number of aryl methyl sites for hydroxylation is 1. The number of fused-ring (bicyclic) bond motifs is 1. The van der Waals surface area contributed by atoms with Gasteiger partial charge in [0.15, 0.2) is 5.82 Å². The van der Waals surface area contributed by atoms with E-state index in [-0.39, 0.29) is 18.4 Å². The minimum absolute atomic E-state index is 0.241. The van der Waals surface area contributed by atoms with Gasteiger partial charge in [0.2, 0.25) is 5.89 Å². The predicted octanol–water partition coefficient (Wildman–Crippen LogP) is 3.33. The smallest absolute Gasteiger partial charge is 0.317 e. The zero-order valence-corrected chi connectivity index (χ0v) is 14.2. The minimum atomic E-state index is -0.262. The number of benzene rings is 1. The summed E-state index contributed by atoms with van der Waals surface area (Å²) in [6.07, 6.45) is 0.686. The molecule has 3 rings (SSSR count). The first-order valence-electron chi connectivity index (χ1n) is 7.53. The number of thiophene rings is 1. The molecule has 2 amide bonds. The second-order valence-electron chi connectivity index (χ2n) is 5.37. The van der Waals surface area contributed by atoms with Gasteiger partial charge in [-0.05, 0) is 29.7 Å². The molecule has 6 nitrogen and oxygen atoms in total. The van der Waals surface area contributed by atoms with Gasteiger partial charge in [-0.2, -0.15) is 4.98 Å². The van der Waals surface area contributed by atoms with Crippen molar-refractivity contribution in [1.29, 1.82) is 0 Å². The van der Waals surface area contributed by atoms with Crippen LogP contribution in [0.3, 0.4) is 0 Å². The van der Waals surface area contributed by atoms with E-state index in [0.29, 0.717) is 24.7 Å². The number of amides is 2. The fraction of sp³-hybridized carbons (Fsp3) is 0.312. The number of urea groups is 1. The molecule has 0 bridgehead atoms. The number of hydrogen-bond acceptors (Lipinski definition) is 5. The summed E-state index contributed by atoms with van der Waals surface area (Å²) in [7, 11) is 1.66. The van der Waals surface area contributed by atoms with Crippen LogP contribution in [-0.2, 0) is 19.5 Å². The normalized spacial score (nSPS) is 11.0. The molecule has 3 aromatic rings. The molecule has 0 saturated heterocycles. The molecule has 1 aromatic carbocycles. The van der Waals surface area contributed by atoms with E-state index < -0.39 is 0 Å². The third-order valence-corrected chi connectivity index (χ3v) is 4.60. The summed E-state index contributed by atoms with van der Waals surface area (Å²) < 4.78 is 19.3. The highest BCUT2D eigenvalue weighted by Gasteiger charge is 2.13. The van der Waals surface area contributed by atoms with Gasteiger partial charge in [-0.1, -0.05) is 12.1 Å². The molecular weight excluding hydrogens is 331 g/mol. The van der Waals surface area contributed by atoms with Crippen molar-refractivity contribution in [3.05, 3.63) is 46.7 Å². The van der Waals surface area contributed by atoms with E-state index in [4.69, 9.17) is 4.52 Å². The van der Waals surface area contributed by atoms with Crippen molar-refractivity contribution in [2.75, 3.05) is 7.05 Å². The topological polar surface area (TPSA) is 71.3 Å². The average molecular weight is 348 g/mol. The van der Waals surface area contributed by atoms with Crippen molar-refractivity contribution in [2.45, 2.75) is 26.4 Å². The zero-order chi connectivity index (χ0) is 17.1. The first kappa shape index (κ1) is 16.4. The summed E-state index contributed by atoms with van der Waals surface area (Å²) in [6.45, 7) is 2.56. The Balaban J connectivity index is 1.57. The third kappa shape index (κ3) is 3.70. The molecule has 0 aliphatic heterocycles. The quantitative estimate of drug-likeness (QED) is 0.768. The Hall–Kier alpha value is -2.48. The van der Waals surface area contributed by atoms with Crippen molar-refractivity contribution < 1.29 is 13.7 Å². The van der Waals surface area contributed by atoms with Gasteiger partial charge in [0, 0.05) is 23.0 Å². The van der Waals surface area contributed by atoms with Crippen LogP contribution in [0.25, 0.3) is 10.1 Å². The Morgan fingerprint density at radius 1 is 1.42 bits per heavy atom. The van der Waals surface area contributed by atoms with Gasteiger partial charge in [0.05, 0.1) is 6.54 Å². The van der Waals surface area contributed by atoms with E-state index in [2.05, 4.69) is 15.5 Å². The van der Waals surface area contributed by atoms with Crippen LogP contribution < -0.4 is 5.32 Å². The standard InChI is InChI=1S/C16H17FN4O2S/c1-3-14-19-15(23-20-14)9-21(2)16(22)18-8-12-7-10-6-11(17)4-5-13(10)24-12/h4-7H,3,8-9H2,1-2H3,(H,18,22). The molecule has 2 aromatic heterocycles. The second kappa shape index (κ2) is 6.96. The van der Waals surface area contributed by atoms with E-state index in [1.807, 2.05) is 13.0 Å². The van der Waals surface area contributed by atoms with Crippen molar-refractivity contribution in [2.24, 2.45) is 0 Å². The van der Waals surface area contributed by atoms with Crippen LogP contribution in [-0.4, -0.2) is 28.1 Å². The molecule has 126 valence electrons. The number of rotatable bonds is 5. The molecule has 0 aliphatic rings. The number of nitrogens with one attached hydrogen (secondary N) is 1. The van der Waals surface area contributed by atoms with Crippen LogP contribution in [0.5, 0.6) is 0 Å². The monoisotopic (exact) mass is 348 g/mol. The third-order valence-electron chi connectivity index (χ3n) is 3.49. The number of carbonyl (C=O) groups is 1. The van der Waals surface area contributed by atoms with E-state index in [9.17, 15) is 9.18 Å². The highest BCUT2D eigenvalue weighted by atomic mass is 32.1. The summed E-state index contributed by atoms with van der Waals surface area (Å²) in [5, 5.41) is 7.47. The van der Waals surface area contributed by atoms with Crippen LogP contribution >= 0.6 is 11.3 Å². The lowest BCUT2D eigenvalue weighted by Crippen LogP contribution is -2.36. The Bertz CT molecular complexity index is 861. The van der Waals surface area contributed by atoms with Gasteiger partial charge < -0.3 is 14.7 Å². The highest BCUT2D eigenvalue weighted by molar-refractivity contribution is 7.19. The largest absolute Gasteiger partial charge is 0.337 e. The van der Waals surface area contributed by atoms with Crippen LogP contribution in [0.1, 0.15) is 23.5 Å². The zero-order valence-electron chi connectivity index (χ0n) is 13.4. The summed E-state index contributed by atoms with van der Waals surface area (Å²) in [5.74, 6) is 0.764. The lowest BCUT2D eigenvalue weighted by atomic mass is 10.2. The van der Waals surface area contributed by atoms with E-state index in [1.54, 1.807) is 13.1 Å². The minimum Gasteiger partial charge on any atom is -0.337 e. The number of aromatic nitrogens is 2. The first-order chi connectivity index (χ1) is 11.5. The van der Waals surface area contributed by atoms with E-state index >= 15 is 0 Å². The molecule has 0 radical (unpaired) electrons. The van der Waals surface area contributed by atoms with Crippen molar-refractivity contribution >= 4 is 27.5 Å². The van der Waals surface area contributed by atoms with Gasteiger partial charge in [-0.3, -0.25) is 0 Å². The highest BCUT2D eigenvalue weighted by Crippen LogP contribution is 2.26. The second-order valence-corrected chi connectivity index (χ2v) is 6.54. The lowest BCUT2D eigenvalue weighted by Gasteiger charge is -2.15. The Morgan fingerprint density at radius 2 is 2.25 bits per heavy atom. The van der Waals surface area contributed by atoms with Gasteiger partial charge in [-0.25, -0.2) is 9.18 Å². The number of halogens is 1. The molecule has 0 fully saturated rings. The maximum atomic E-state index is 13.2. The Morgan fingerprint density at radius 3 is 3.00 bits per heavy atom. The lowest BCUT2D eigenvalue weighted by molar-refractivity contribution is 0.199. The van der Waals surface area contributed by atoms with Gasteiger partial charge >= 0.3 is 6.03 Å². The Kier molecular flexibility index (Phi) is 4.75. The van der Waals surface area contributed by atoms with Crippen molar-refractivity contribution in [3.63, 3.8) is 0 Å². The van der Waals surface area contributed by atoms with Crippen LogP contribution in [0.2, 0.25) is 0 Å². The Labute approximate surface area is 142 Å². The fourth-order valence-electron chi connectivity index (χ4n) is 2.23. The molecule has 1 N–H and O–H groups in total. The summed E-state index contributed by atoms with van der Waals surface area (Å²) in [5.41, 5.74) is 0. The number of nitrogens with zero attached hydrogens (tertiary/aromatic N) is 3. The molecule has 2 heterocycles. The summed E-state index contributed by atoms with van der Waals surface area (Å²) in [6, 6.07) is 6.31. The first-order valence-corrected chi connectivity index (χ1v) is 8.35. The summed E-state index contributed by atoms with van der Waals surface area (Å²) in [4.78, 5) is 18.7.